The van der Waals surface area contributed by atoms with Crippen molar-refractivity contribution in [3.8, 4) is 22.3 Å². The van der Waals surface area contributed by atoms with Gasteiger partial charge < -0.3 is 4.74 Å². The van der Waals surface area contributed by atoms with Crippen LogP contribution in [0.3, 0.4) is 0 Å². The van der Waals surface area contributed by atoms with Crippen LogP contribution in [0.25, 0.3) is 33.0 Å². The van der Waals surface area contributed by atoms with E-state index in [2.05, 4.69) is 60.7 Å². The predicted octanol–water partition coefficient (Wildman–Crippen LogP) is 6.14. The highest BCUT2D eigenvalue weighted by atomic mass is 16.5. The Morgan fingerprint density at radius 2 is 1.48 bits per heavy atom. The maximum atomic E-state index is 11.8. The lowest BCUT2D eigenvalue weighted by molar-refractivity contribution is -0.144. The summed E-state index contributed by atoms with van der Waals surface area (Å²) in [7, 11) is 0. The molecule has 2 nitrogen and oxygen atoms in total. The van der Waals surface area contributed by atoms with Gasteiger partial charge in [-0.15, -0.1) is 0 Å². The number of carbonyl (C=O) groups excluding carboxylic acids is 1. The van der Waals surface area contributed by atoms with Crippen LogP contribution in [0.4, 0.5) is 0 Å². The zero-order chi connectivity index (χ0) is 18.4. The van der Waals surface area contributed by atoms with Crippen LogP contribution in [0.15, 0.2) is 84.9 Å². The Labute approximate surface area is 158 Å². The van der Waals surface area contributed by atoms with E-state index >= 15 is 0 Å². The van der Waals surface area contributed by atoms with Crippen LogP contribution in [0, 0.1) is 0 Å². The van der Waals surface area contributed by atoms with Crippen LogP contribution in [0.1, 0.15) is 24.2 Å². The van der Waals surface area contributed by atoms with Crippen molar-refractivity contribution < 1.29 is 9.53 Å². The summed E-state index contributed by atoms with van der Waals surface area (Å²) in [5.41, 5.74) is 6.79. The SMILES string of the molecule is CC(=O)OC1c2ccccc2-c2c1cc1ccccc1c2-c1ccccc1. The fourth-order valence-electron chi connectivity index (χ4n) is 4.18. The number of fused-ring (bicyclic) bond motifs is 4. The van der Waals surface area contributed by atoms with Crippen molar-refractivity contribution in [2.75, 3.05) is 0 Å². The van der Waals surface area contributed by atoms with Crippen molar-refractivity contribution in [1.82, 2.24) is 0 Å². The highest BCUT2D eigenvalue weighted by molar-refractivity contribution is 6.07. The van der Waals surface area contributed by atoms with Gasteiger partial charge in [0.2, 0.25) is 0 Å². The highest BCUT2D eigenvalue weighted by Gasteiger charge is 2.33. The molecule has 0 N–H and O–H groups in total. The maximum absolute atomic E-state index is 11.8. The molecule has 0 bridgehead atoms. The van der Waals surface area contributed by atoms with Gasteiger partial charge in [0.15, 0.2) is 6.10 Å². The predicted molar refractivity (Wildman–Crippen MR) is 108 cm³/mol. The number of ether oxygens (including phenoxy) is 1. The smallest absolute Gasteiger partial charge is 0.303 e. The minimum atomic E-state index is -0.360. The normalized spacial score (nSPS) is 14.6. The molecular formula is C25H18O2. The zero-order valence-electron chi connectivity index (χ0n) is 15.0. The fourth-order valence-corrected chi connectivity index (χ4v) is 4.18. The lowest BCUT2D eigenvalue weighted by Crippen LogP contribution is -2.07. The second-order valence-corrected chi connectivity index (χ2v) is 6.88. The molecular weight excluding hydrogens is 332 g/mol. The Morgan fingerprint density at radius 1 is 0.778 bits per heavy atom. The molecule has 27 heavy (non-hydrogen) atoms. The minimum Gasteiger partial charge on any atom is -0.453 e. The van der Waals surface area contributed by atoms with Crippen LogP contribution in [0.5, 0.6) is 0 Å². The topological polar surface area (TPSA) is 26.3 Å². The first-order valence-electron chi connectivity index (χ1n) is 9.11. The second-order valence-electron chi connectivity index (χ2n) is 6.88. The molecule has 130 valence electrons. The number of benzene rings is 4. The van der Waals surface area contributed by atoms with Crippen molar-refractivity contribution in [3.63, 3.8) is 0 Å². The van der Waals surface area contributed by atoms with Gasteiger partial charge in [-0.2, -0.15) is 0 Å². The molecule has 0 amide bonds. The summed E-state index contributed by atoms with van der Waals surface area (Å²) in [6, 6.07) is 29.3. The van der Waals surface area contributed by atoms with E-state index in [0.717, 1.165) is 22.1 Å². The third kappa shape index (κ3) is 2.45. The van der Waals surface area contributed by atoms with Gasteiger partial charge in [-0.1, -0.05) is 78.9 Å². The van der Waals surface area contributed by atoms with Gasteiger partial charge in [-0.3, -0.25) is 4.79 Å². The van der Waals surface area contributed by atoms with Gasteiger partial charge in [0.25, 0.3) is 0 Å². The lowest BCUT2D eigenvalue weighted by Gasteiger charge is -2.17. The van der Waals surface area contributed by atoms with Crippen molar-refractivity contribution in [2.45, 2.75) is 13.0 Å². The molecule has 4 aromatic carbocycles. The van der Waals surface area contributed by atoms with Crippen LogP contribution >= 0.6 is 0 Å². The molecule has 1 unspecified atom stereocenters. The molecule has 1 aliphatic carbocycles. The summed E-state index contributed by atoms with van der Waals surface area (Å²) in [4.78, 5) is 11.8. The number of rotatable bonds is 2. The molecule has 1 aliphatic rings. The molecule has 0 aliphatic heterocycles. The van der Waals surface area contributed by atoms with Crippen molar-refractivity contribution >= 4 is 16.7 Å². The van der Waals surface area contributed by atoms with Crippen molar-refractivity contribution in [3.05, 3.63) is 96.1 Å². The van der Waals surface area contributed by atoms with Crippen molar-refractivity contribution in [1.29, 1.82) is 0 Å². The molecule has 0 saturated carbocycles. The first-order chi connectivity index (χ1) is 13.2. The first-order valence-corrected chi connectivity index (χ1v) is 9.11. The third-order valence-corrected chi connectivity index (χ3v) is 5.22. The number of esters is 1. The molecule has 0 heterocycles. The maximum Gasteiger partial charge on any atom is 0.303 e. The molecule has 0 saturated heterocycles. The number of hydrogen-bond acceptors (Lipinski definition) is 2. The standard InChI is InChI=1S/C25H18O2/c1-16(26)27-25-21-14-8-7-13-20(21)24-22(25)15-18-11-5-6-12-19(18)23(24)17-9-3-2-4-10-17/h2-15,25H,1H3. The van der Waals surface area contributed by atoms with Gasteiger partial charge in [-0.05, 0) is 39.1 Å². The molecule has 2 heteroatoms. The Balaban J connectivity index is 1.92. The fraction of sp³-hybridized carbons (Fsp3) is 0.0800. The molecule has 5 rings (SSSR count). The van der Waals surface area contributed by atoms with E-state index in [1.165, 1.54) is 29.0 Å². The number of carbonyl (C=O) groups is 1. The van der Waals surface area contributed by atoms with Crippen LogP contribution in [-0.4, -0.2) is 5.97 Å². The quantitative estimate of drug-likeness (QED) is 0.406. The van der Waals surface area contributed by atoms with Gasteiger partial charge in [-0.25, -0.2) is 0 Å². The second kappa shape index (κ2) is 6.10. The average Bonchev–Trinajstić information content (AvgIpc) is 3.00. The molecule has 0 spiro atoms. The van der Waals surface area contributed by atoms with E-state index in [1.807, 2.05) is 24.3 Å². The van der Waals surface area contributed by atoms with Crippen LogP contribution < -0.4 is 0 Å². The van der Waals surface area contributed by atoms with Gasteiger partial charge in [0.05, 0.1) is 0 Å². The van der Waals surface area contributed by atoms with Gasteiger partial charge in [0, 0.05) is 18.1 Å². The molecule has 0 aromatic heterocycles. The van der Waals surface area contributed by atoms with E-state index in [-0.39, 0.29) is 12.1 Å². The number of hydrogen-bond donors (Lipinski definition) is 0. The molecule has 0 radical (unpaired) electrons. The first kappa shape index (κ1) is 15.8. The third-order valence-electron chi connectivity index (χ3n) is 5.22. The van der Waals surface area contributed by atoms with E-state index in [9.17, 15) is 4.79 Å². The van der Waals surface area contributed by atoms with E-state index in [0.29, 0.717) is 0 Å². The molecule has 4 aromatic rings. The van der Waals surface area contributed by atoms with E-state index in [4.69, 9.17) is 4.74 Å². The van der Waals surface area contributed by atoms with Crippen LogP contribution in [-0.2, 0) is 9.53 Å². The van der Waals surface area contributed by atoms with Crippen molar-refractivity contribution in [2.24, 2.45) is 0 Å². The summed E-state index contributed by atoms with van der Waals surface area (Å²) < 4.78 is 5.76. The van der Waals surface area contributed by atoms with E-state index < -0.39 is 0 Å². The summed E-state index contributed by atoms with van der Waals surface area (Å²) in [5.74, 6) is -0.267. The minimum absolute atomic E-state index is 0.267. The summed E-state index contributed by atoms with van der Waals surface area (Å²) in [6.45, 7) is 1.47. The highest BCUT2D eigenvalue weighted by Crippen LogP contribution is 2.51. The zero-order valence-corrected chi connectivity index (χ0v) is 15.0. The van der Waals surface area contributed by atoms with E-state index in [1.54, 1.807) is 0 Å². The van der Waals surface area contributed by atoms with Crippen LogP contribution in [0.2, 0.25) is 0 Å². The monoisotopic (exact) mass is 350 g/mol. The summed E-state index contributed by atoms with van der Waals surface area (Å²) >= 11 is 0. The summed E-state index contributed by atoms with van der Waals surface area (Å²) in [6.07, 6.45) is -0.360. The Hall–Kier alpha value is -3.39. The largest absolute Gasteiger partial charge is 0.453 e. The van der Waals surface area contributed by atoms with Gasteiger partial charge in [0.1, 0.15) is 0 Å². The van der Waals surface area contributed by atoms with Gasteiger partial charge >= 0.3 is 5.97 Å². The summed E-state index contributed by atoms with van der Waals surface area (Å²) in [5, 5.41) is 2.36. The molecule has 1 atom stereocenters. The Kier molecular flexibility index (Phi) is 3.58. The molecule has 0 fully saturated rings. The lowest BCUT2D eigenvalue weighted by atomic mass is 9.89. The Morgan fingerprint density at radius 3 is 2.30 bits per heavy atom. The average molecular weight is 350 g/mol. The Bertz CT molecular complexity index is 1180.